The normalized spacial score (nSPS) is 10.6. The highest BCUT2D eigenvalue weighted by molar-refractivity contribution is 5.80. The molecule has 0 aliphatic carbocycles. The molecule has 0 saturated carbocycles. The molecule has 0 saturated heterocycles. The molecule has 0 aromatic heterocycles. The van der Waals surface area contributed by atoms with E-state index in [4.69, 9.17) is 5.11 Å². The Morgan fingerprint density at radius 3 is 2.58 bits per heavy atom. The first kappa shape index (κ1) is 10.9. The molecule has 0 rings (SSSR count). The summed E-state index contributed by atoms with van der Waals surface area (Å²) in [5.74, 6) is -0.318. The van der Waals surface area contributed by atoms with Crippen molar-refractivity contribution in [3.63, 3.8) is 0 Å². The smallest absolute Gasteiger partial charge is 0.239 e. The fourth-order valence-corrected chi connectivity index (χ4v) is 0.596. The molecule has 0 aromatic rings. The average Bonchev–Trinajstić information content (AvgIpc) is 2.00. The van der Waals surface area contributed by atoms with Gasteiger partial charge in [-0.3, -0.25) is 9.59 Å². The van der Waals surface area contributed by atoms with Crippen LogP contribution in [0.15, 0.2) is 0 Å². The predicted molar refractivity (Wildman–Crippen MR) is 43.4 cm³/mol. The Morgan fingerprint density at radius 2 is 2.17 bits per heavy atom. The zero-order valence-corrected chi connectivity index (χ0v) is 7.26. The summed E-state index contributed by atoms with van der Waals surface area (Å²) >= 11 is 0. The van der Waals surface area contributed by atoms with E-state index in [0.717, 1.165) is 0 Å². The topological polar surface area (TPSA) is 78.4 Å². The van der Waals surface area contributed by atoms with Gasteiger partial charge in [0.25, 0.3) is 0 Å². The third kappa shape index (κ3) is 4.68. The number of aliphatic hydroxyl groups excluding tert-OH is 1. The van der Waals surface area contributed by atoms with E-state index in [1.807, 2.05) is 0 Å². The minimum absolute atomic E-state index is 0.0626. The molecule has 0 fully saturated rings. The van der Waals surface area contributed by atoms with Gasteiger partial charge in [0.05, 0.1) is 18.7 Å². The Hall–Kier alpha value is -1.10. The SMILES string of the molecule is CC(C)(CO)NC(=O)CNC=O. The zero-order valence-electron chi connectivity index (χ0n) is 7.26. The second-order valence-electron chi connectivity index (χ2n) is 3.09. The standard InChI is InChI=1S/C7H14N2O3/c1-7(2,4-10)9-6(12)3-8-5-11/h5,10H,3-4H2,1-2H3,(H,8,11)(H,9,12). The number of carbonyl (C=O) groups excluding carboxylic acids is 2. The van der Waals surface area contributed by atoms with Crippen molar-refractivity contribution in [2.75, 3.05) is 13.2 Å². The van der Waals surface area contributed by atoms with Crippen molar-refractivity contribution < 1.29 is 14.7 Å². The Morgan fingerprint density at radius 1 is 1.58 bits per heavy atom. The van der Waals surface area contributed by atoms with Gasteiger partial charge in [-0.2, -0.15) is 0 Å². The molecule has 2 amide bonds. The second kappa shape index (κ2) is 4.71. The Kier molecular flexibility index (Phi) is 4.28. The van der Waals surface area contributed by atoms with E-state index in [9.17, 15) is 9.59 Å². The minimum atomic E-state index is -0.637. The Bertz CT molecular complexity index is 168. The lowest BCUT2D eigenvalue weighted by molar-refractivity contribution is -0.123. The van der Waals surface area contributed by atoms with Crippen molar-refractivity contribution in [3.05, 3.63) is 0 Å². The maximum Gasteiger partial charge on any atom is 0.239 e. The summed E-state index contributed by atoms with van der Waals surface area (Å²) in [4.78, 5) is 20.7. The average molecular weight is 174 g/mol. The zero-order chi connectivity index (χ0) is 9.61. The van der Waals surface area contributed by atoms with E-state index in [1.165, 1.54) is 0 Å². The first-order valence-corrected chi connectivity index (χ1v) is 3.61. The van der Waals surface area contributed by atoms with Gasteiger partial charge >= 0.3 is 0 Å². The van der Waals surface area contributed by atoms with Crippen molar-refractivity contribution in [1.29, 1.82) is 0 Å². The Labute approximate surface area is 71.1 Å². The highest BCUT2D eigenvalue weighted by atomic mass is 16.3. The van der Waals surface area contributed by atoms with Crippen molar-refractivity contribution in [1.82, 2.24) is 10.6 Å². The van der Waals surface area contributed by atoms with E-state index in [-0.39, 0.29) is 19.1 Å². The number of hydrogen-bond acceptors (Lipinski definition) is 3. The molecule has 0 spiro atoms. The van der Waals surface area contributed by atoms with E-state index in [2.05, 4.69) is 10.6 Å². The molecular formula is C7H14N2O3. The lowest BCUT2D eigenvalue weighted by Gasteiger charge is -2.23. The van der Waals surface area contributed by atoms with Gasteiger partial charge in [0.2, 0.25) is 12.3 Å². The predicted octanol–water partition coefficient (Wildman–Crippen LogP) is -1.38. The van der Waals surface area contributed by atoms with Crippen LogP contribution in [0.5, 0.6) is 0 Å². The van der Waals surface area contributed by atoms with Crippen LogP contribution in [-0.4, -0.2) is 36.1 Å². The van der Waals surface area contributed by atoms with Gasteiger partial charge in [-0.15, -0.1) is 0 Å². The van der Waals surface area contributed by atoms with Crippen molar-refractivity contribution >= 4 is 12.3 Å². The van der Waals surface area contributed by atoms with Crippen LogP contribution in [0.1, 0.15) is 13.8 Å². The molecule has 0 aliphatic heterocycles. The van der Waals surface area contributed by atoms with Crippen molar-refractivity contribution in [3.8, 4) is 0 Å². The van der Waals surface area contributed by atoms with E-state index in [0.29, 0.717) is 6.41 Å². The first-order chi connectivity index (χ1) is 5.52. The van der Waals surface area contributed by atoms with Crippen molar-refractivity contribution in [2.45, 2.75) is 19.4 Å². The fraction of sp³-hybridized carbons (Fsp3) is 0.714. The highest BCUT2D eigenvalue weighted by Gasteiger charge is 2.18. The lowest BCUT2D eigenvalue weighted by atomic mass is 10.1. The summed E-state index contributed by atoms with van der Waals surface area (Å²) in [6, 6.07) is 0. The number of nitrogens with one attached hydrogen (secondary N) is 2. The summed E-state index contributed by atoms with van der Waals surface area (Å²) in [6.45, 7) is 3.17. The van der Waals surface area contributed by atoms with E-state index in [1.54, 1.807) is 13.8 Å². The summed E-state index contributed by atoms with van der Waals surface area (Å²) in [5, 5.41) is 13.5. The van der Waals surface area contributed by atoms with Crippen LogP contribution in [-0.2, 0) is 9.59 Å². The molecule has 5 heteroatoms. The summed E-state index contributed by atoms with van der Waals surface area (Å²) in [6.07, 6.45) is 0.450. The fourth-order valence-electron chi connectivity index (χ4n) is 0.596. The van der Waals surface area contributed by atoms with Crippen LogP contribution in [0.3, 0.4) is 0 Å². The largest absolute Gasteiger partial charge is 0.394 e. The number of amides is 2. The molecule has 0 aromatic carbocycles. The van der Waals surface area contributed by atoms with E-state index >= 15 is 0 Å². The molecular weight excluding hydrogens is 160 g/mol. The summed E-state index contributed by atoms with van der Waals surface area (Å²) < 4.78 is 0. The third-order valence-electron chi connectivity index (χ3n) is 1.22. The number of carbonyl (C=O) groups is 2. The quantitative estimate of drug-likeness (QED) is 0.449. The molecule has 0 atom stereocenters. The van der Waals surface area contributed by atoms with Gasteiger partial charge in [-0.25, -0.2) is 0 Å². The molecule has 5 nitrogen and oxygen atoms in total. The summed E-state index contributed by atoms with van der Waals surface area (Å²) in [5.41, 5.74) is -0.637. The molecule has 0 radical (unpaired) electrons. The van der Waals surface area contributed by atoms with Crippen LogP contribution in [0.25, 0.3) is 0 Å². The number of aliphatic hydroxyl groups is 1. The van der Waals surface area contributed by atoms with Gasteiger partial charge < -0.3 is 15.7 Å². The van der Waals surface area contributed by atoms with Crippen LogP contribution >= 0.6 is 0 Å². The highest BCUT2D eigenvalue weighted by Crippen LogP contribution is 1.98. The summed E-state index contributed by atoms with van der Waals surface area (Å²) in [7, 11) is 0. The van der Waals surface area contributed by atoms with Crippen LogP contribution in [0.4, 0.5) is 0 Å². The van der Waals surface area contributed by atoms with E-state index < -0.39 is 5.54 Å². The maximum absolute atomic E-state index is 10.9. The molecule has 70 valence electrons. The maximum atomic E-state index is 10.9. The number of rotatable bonds is 5. The van der Waals surface area contributed by atoms with Crippen LogP contribution < -0.4 is 10.6 Å². The van der Waals surface area contributed by atoms with Crippen LogP contribution in [0.2, 0.25) is 0 Å². The molecule has 3 N–H and O–H groups in total. The monoisotopic (exact) mass is 174 g/mol. The first-order valence-electron chi connectivity index (χ1n) is 3.61. The van der Waals surface area contributed by atoms with Gasteiger partial charge in [0.1, 0.15) is 0 Å². The van der Waals surface area contributed by atoms with Crippen LogP contribution in [0, 0.1) is 0 Å². The van der Waals surface area contributed by atoms with Gasteiger partial charge in [0.15, 0.2) is 0 Å². The van der Waals surface area contributed by atoms with Gasteiger partial charge in [-0.05, 0) is 13.8 Å². The minimum Gasteiger partial charge on any atom is -0.394 e. The molecule has 0 unspecified atom stereocenters. The molecule has 0 heterocycles. The molecule has 0 bridgehead atoms. The van der Waals surface area contributed by atoms with Gasteiger partial charge in [-0.1, -0.05) is 0 Å². The number of hydrogen-bond donors (Lipinski definition) is 3. The van der Waals surface area contributed by atoms with Gasteiger partial charge in [0, 0.05) is 0 Å². The Balaban J connectivity index is 3.75. The lowest BCUT2D eigenvalue weighted by Crippen LogP contribution is -2.49. The third-order valence-corrected chi connectivity index (χ3v) is 1.22. The molecule has 12 heavy (non-hydrogen) atoms. The second-order valence-corrected chi connectivity index (χ2v) is 3.09. The molecule has 0 aliphatic rings. The van der Waals surface area contributed by atoms with Crippen molar-refractivity contribution in [2.24, 2.45) is 0 Å².